The Morgan fingerprint density at radius 3 is 2.50 bits per heavy atom. The fourth-order valence-corrected chi connectivity index (χ4v) is 3.56. The summed E-state index contributed by atoms with van der Waals surface area (Å²) >= 11 is 2.15. The fraction of sp³-hybridized carbons (Fsp3) is 1.00. The lowest BCUT2D eigenvalue weighted by Gasteiger charge is -2.33. The second-order valence-corrected chi connectivity index (χ2v) is 4.90. The van der Waals surface area contributed by atoms with Crippen molar-refractivity contribution in [2.75, 3.05) is 5.75 Å². The molecule has 0 aromatic heterocycles. The standard InChI is InChI=1S/C9H18S/c1-4-9-7(2)5-6-10-8(9)3/h7-9H,4-6H2,1-3H3. The molecule has 0 aromatic carbocycles. The van der Waals surface area contributed by atoms with E-state index in [0.717, 1.165) is 17.1 Å². The van der Waals surface area contributed by atoms with E-state index in [2.05, 4.69) is 32.5 Å². The third kappa shape index (κ3) is 1.69. The maximum absolute atomic E-state index is 2.41. The molecule has 0 saturated carbocycles. The number of hydrogen-bond donors (Lipinski definition) is 0. The van der Waals surface area contributed by atoms with Gasteiger partial charge in [-0.25, -0.2) is 0 Å². The molecule has 1 rings (SSSR count). The first kappa shape index (κ1) is 8.45. The van der Waals surface area contributed by atoms with Gasteiger partial charge in [0.1, 0.15) is 0 Å². The van der Waals surface area contributed by atoms with Gasteiger partial charge in [0.15, 0.2) is 0 Å². The maximum Gasteiger partial charge on any atom is 0.00494 e. The van der Waals surface area contributed by atoms with Gasteiger partial charge in [-0.05, 0) is 24.0 Å². The van der Waals surface area contributed by atoms with Gasteiger partial charge in [0.05, 0.1) is 0 Å². The van der Waals surface area contributed by atoms with E-state index in [1.807, 2.05) is 0 Å². The molecule has 0 aliphatic carbocycles. The minimum absolute atomic E-state index is 0.911. The summed E-state index contributed by atoms with van der Waals surface area (Å²) in [5.41, 5.74) is 0. The summed E-state index contributed by atoms with van der Waals surface area (Å²) in [7, 11) is 0. The summed E-state index contributed by atoms with van der Waals surface area (Å²) < 4.78 is 0. The van der Waals surface area contributed by atoms with E-state index in [4.69, 9.17) is 0 Å². The molecule has 1 heterocycles. The molecule has 60 valence electrons. The molecule has 0 spiro atoms. The maximum atomic E-state index is 2.41. The minimum Gasteiger partial charge on any atom is -0.159 e. The largest absolute Gasteiger partial charge is 0.159 e. The van der Waals surface area contributed by atoms with Crippen molar-refractivity contribution in [2.24, 2.45) is 11.8 Å². The molecule has 1 saturated heterocycles. The van der Waals surface area contributed by atoms with Gasteiger partial charge in [0, 0.05) is 5.25 Å². The van der Waals surface area contributed by atoms with E-state index < -0.39 is 0 Å². The van der Waals surface area contributed by atoms with Gasteiger partial charge in [0.25, 0.3) is 0 Å². The van der Waals surface area contributed by atoms with Crippen LogP contribution in [-0.4, -0.2) is 11.0 Å². The monoisotopic (exact) mass is 158 g/mol. The molecular formula is C9H18S. The molecule has 1 aliphatic rings. The summed E-state index contributed by atoms with van der Waals surface area (Å²) in [6, 6.07) is 0. The summed E-state index contributed by atoms with van der Waals surface area (Å²) in [5.74, 6) is 3.35. The highest BCUT2D eigenvalue weighted by molar-refractivity contribution is 7.99. The average molecular weight is 158 g/mol. The molecule has 0 amide bonds. The van der Waals surface area contributed by atoms with Gasteiger partial charge in [-0.1, -0.05) is 27.2 Å². The van der Waals surface area contributed by atoms with Crippen LogP contribution in [0.15, 0.2) is 0 Å². The molecule has 1 aliphatic heterocycles. The Kier molecular flexibility index (Phi) is 3.09. The topological polar surface area (TPSA) is 0 Å². The van der Waals surface area contributed by atoms with Crippen LogP contribution in [0.3, 0.4) is 0 Å². The Morgan fingerprint density at radius 1 is 1.40 bits per heavy atom. The third-order valence-corrected chi connectivity index (χ3v) is 4.11. The van der Waals surface area contributed by atoms with Gasteiger partial charge < -0.3 is 0 Å². The lowest BCUT2D eigenvalue weighted by atomic mass is 9.87. The zero-order valence-electron chi connectivity index (χ0n) is 7.26. The molecule has 0 radical (unpaired) electrons. The first-order valence-electron chi connectivity index (χ1n) is 4.37. The first-order chi connectivity index (χ1) is 4.75. The summed E-state index contributed by atoms with van der Waals surface area (Å²) in [5, 5.41) is 0.911. The molecular weight excluding hydrogens is 140 g/mol. The number of rotatable bonds is 1. The predicted molar refractivity (Wildman–Crippen MR) is 49.5 cm³/mol. The molecule has 0 nitrogen and oxygen atoms in total. The van der Waals surface area contributed by atoms with Crippen molar-refractivity contribution in [1.29, 1.82) is 0 Å². The molecule has 1 heteroatoms. The van der Waals surface area contributed by atoms with Crippen LogP contribution in [0.1, 0.15) is 33.6 Å². The van der Waals surface area contributed by atoms with Crippen LogP contribution < -0.4 is 0 Å². The summed E-state index contributed by atoms with van der Waals surface area (Å²) in [6.45, 7) is 7.11. The van der Waals surface area contributed by atoms with Crippen molar-refractivity contribution in [2.45, 2.75) is 38.9 Å². The fourth-order valence-electron chi connectivity index (χ4n) is 1.97. The Labute approximate surface area is 68.8 Å². The van der Waals surface area contributed by atoms with Crippen LogP contribution in [-0.2, 0) is 0 Å². The van der Waals surface area contributed by atoms with Crippen molar-refractivity contribution in [3.63, 3.8) is 0 Å². The second kappa shape index (κ2) is 3.66. The van der Waals surface area contributed by atoms with E-state index in [0.29, 0.717) is 0 Å². The molecule has 0 N–H and O–H groups in total. The SMILES string of the molecule is CCC1C(C)CCSC1C. The van der Waals surface area contributed by atoms with Crippen LogP contribution in [0.2, 0.25) is 0 Å². The second-order valence-electron chi connectivity index (χ2n) is 3.41. The van der Waals surface area contributed by atoms with Gasteiger partial charge in [-0.3, -0.25) is 0 Å². The lowest BCUT2D eigenvalue weighted by Crippen LogP contribution is -2.26. The quantitative estimate of drug-likeness (QED) is 0.565. The van der Waals surface area contributed by atoms with Crippen molar-refractivity contribution in [1.82, 2.24) is 0 Å². The predicted octanol–water partition coefficient (Wildman–Crippen LogP) is 3.17. The van der Waals surface area contributed by atoms with Crippen LogP contribution >= 0.6 is 11.8 Å². The Bertz CT molecular complexity index is 90.9. The summed E-state index contributed by atoms with van der Waals surface area (Å²) in [4.78, 5) is 0. The van der Waals surface area contributed by atoms with Crippen LogP contribution in [0.25, 0.3) is 0 Å². The van der Waals surface area contributed by atoms with Crippen LogP contribution in [0.5, 0.6) is 0 Å². The summed E-state index contributed by atoms with van der Waals surface area (Å²) in [6.07, 6.45) is 2.81. The van der Waals surface area contributed by atoms with Crippen molar-refractivity contribution in [3.05, 3.63) is 0 Å². The average Bonchev–Trinajstić information content (AvgIpc) is 1.88. The molecule has 10 heavy (non-hydrogen) atoms. The van der Waals surface area contributed by atoms with Gasteiger partial charge in [0.2, 0.25) is 0 Å². The Hall–Kier alpha value is 0.350. The molecule has 0 bridgehead atoms. The van der Waals surface area contributed by atoms with Crippen molar-refractivity contribution in [3.8, 4) is 0 Å². The van der Waals surface area contributed by atoms with Crippen molar-refractivity contribution < 1.29 is 0 Å². The van der Waals surface area contributed by atoms with E-state index in [-0.39, 0.29) is 0 Å². The van der Waals surface area contributed by atoms with Crippen LogP contribution in [0, 0.1) is 11.8 Å². The smallest absolute Gasteiger partial charge is 0.00494 e. The highest BCUT2D eigenvalue weighted by Crippen LogP contribution is 2.36. The molecule has 3 unspecified atom stereocenters. The lowest BCUT2D eigenvalue weighted by molar-refractivity contribution is 0.327. The van der Waals surface area contributed by atoms with E-state index >= 15 is 0 Å². The van der Waals surface area contributed by atoms with E-state index in [1.54, 1.807) is 0 Å². The van der Waals surface area contributed by atoms with E-state index in [1.165, 1.54) is 18.6 Å². The van der Waals surface area contributed by atoms with E-state index in [9.17, 15) is 0 Å². The number of hydrogen-bond acceptors (Lipinski definition) is 1. The first-order valence-corrected chi connectivity index (χ1v) is 5.42. The minimum atomic E-state index is 0.911. The highest BCUT2D eigenvalue weighted by atomic mass is 32.2. The Morgan fingerprint density at radius 2 is 2.10 bits per heavy atom. The molecule has 3 atom stereocenters. The van der Waals surface area contributed by atoms with Crippen molar-refractivity contribution >= 4 is 11.8 Å². The normalized spacial score (nSPS) is 41.7. The Balaban J connectivity index is 2.45. The van der Waals surface area contributed by atoms with Crippen LogP contribution in [0.4, 0.5) is 0 Å². The molecule has 1 fully saturated rings. The molecule has 0 aromatic rings. The zero-order chi connectivity index (χ0) is 7.56. The van der Waals surface area contributed by atoms with Gasteiger partial charge >= 0.3 is 0 Å². The number of thioether (sulfide) groups is 1. The zero-order valence-corrected chi connectivity index (χ0v) is 8.08. The highest BCUT2D eigenvalue weighted by Gasteiger charge is 2.25. The van der Waals surface area contributed by atoms with Gasteiger partial charge in [-0.15, -0.1) is 0 Å². The third-order valence-electron chi connectivity index (χ3n) is 2.76. The van der Waals surface area contributed by atoms with Gasteiger partial charge in [-0.2, -0.15) is 11.8 Å².